The van der Waals surface area contributed by atoms with Crippen molar-refractivity contribution in [1.29, 1.82) is 0 Å². The van der Waals surface area contributed by atoms with Gasteiger partial charge in [-0.1, -0.05) is 23.2 Å². The van der Waals surface area contributed by atoms with E-state index in [2.05, 4.69) is 20.3 Å². The first-order valence-corrected chi connectivity index (χ1v) is 5.35. The molecule has 0 fully saturated rings. The predicted molar refractivity (Wildman–Crippen MR) is 65.2 cm³/mol. The van der Waals surface area contributed by atoms with E-state index in [0.29, 0.717) is 0 Å². The fourth-order valence-electron chi connectivity index (χ4n) is 1.26. The van der Waals surface area contributed by atoms with Gasteiger partial charge < -0.3 is 15.4 Å². The zero-order valence-electron chi connectivity index (χ0n) is 8.96. The van der Waals surface area contributed by atoms with Crippen molar-refractivity contribution in [3.05, 3.63) is 33.1 Å². The molecule has 10 heteroatoms. The fourth-order valence-corrected chi connectivity index (χ4v) is 1.67. The average molecular weight is 289 g/mol. The summed E-state index contributed by atoms with van der Waals surface area (Å²) in [6.07, 6.45) is 2.49. The Hall–Kier alpha value is -1.93. The first-order chi connectivity index (χ1) is 8.50. The second-order valence-electron chi connectivity index (χ2n) is 3.24. The molecular formula is C8H6Cl2N6O2. The Morgan fingerprint density at radius 3 is 2.50 bits per heavy atom. The Balaban J connectivity index is 2.46. The molecule has 0 radical (unpaired) electrons. The Morgan fingerprint density at radius 2 is 1.94 bits per heavy atom. The van der Waals surface area contributed by atoms with Crippen molar-refractivity contribution >= 4 is 40.5 Å². The van der Waals surface area contributed by atoms with Crippen LogP contribution in [0.1, 0.15) is 0 Å². The summed E-state index contributed by atoms with van der Waals surface area (Å²) in [6.45, 7) is 0. The van der Waals surface area contributed by atoms with E-state index in [0.717, 1.165) is 0 Å². The third-order valence-corrected chi connectivity index (χ3v) is 2.66. The van der Waals surface area contributed by atoms with Crippen molar-refractivity contribution in [3.8, 4) is 0 Å². The van der Waals surface area contributed by atoms with Crippen molar-refractivity contribution in [2.24, 2.45) is 7.05 Å². The zero-order chi connectivity index (χ0) is 13.3. The van der Waals surface area contributed by atoms with Crippen LogP contribution in [0.15, 0.2) is 12.7 Å². The third-order valence-electron chi connectivity index (χ3n) is 2.09. The molecule has 0 aliphatic rings. The normalized spacial score (nSPS) is 10.4. The molecule has 0 unspecified atom stereocenters. The van der Waals surface area contributed by atoms with Crippen LogP contribution >= 0.6 is 23.2 Å². The van der Waals surface area contributed by atoms with Gasteiger partial charge >= 0.3 is 5.82 Å². The van der Waals surface area contributed by atoms with Crippen LogP contribution in [0.2, 0.25) is 10.3 Å². The number of halogens is 2. The maximum atomic E-state index is 10.8. The second-order valence-corrected chi connectivity index (χ2v) is 3.96. The fraction of sp³-hybridized carbons (Fsp3) is 0.125. The third kappa shape index (κ3) is 2.20. The van der Waals surface area contributed by atoms with E-state index in [9.17, 15) is 10.1 Å². The van der Waals surface area contributed by atoms with Crippen molar-refractivity contribution in [2.45, 2.75) is 0 Å². The van der Waals surface area contributed by atoms with Gasteiger partial charge in [0.25, 0.3) is 0 Å². The number of hydrogen-bond donors (Lipinski definition) is 1. The Labute approximate surface area is 111 Å². The lowest BCUT2D eigenvalue weighted by Gasteiger charge is -2.08. The molecule has 8 nitrogen and oxygen atoms in total. The van der Waals surface area contributed by atoms with Crippen molar-refractivity contribution in [1.82, 2.24) is 19.5 Å². The van der Waals surface area contributed by atoms with Crippen LogP contribution in [-0.4, -0.2) is 24.4 Å². The number of anilines is 2. The highest BCUT2D eigenvalue weighted by Crippen LogP contribution is 2.32. The maximum Gasteiger partial charge on any atom is 0.406 e. The van der Waals surface area contributed by atoms with Gasteiger partial charge in [0.05, 0.1) is 0 Å². The monoisotopic (exact) mass is 288 g/mol. The van der Waals surface area contributed by atoms with Crippen LogP contribution in [0, 0.1) is 10.1 Å². The van der Waals surface area contributed by atoms with Crippen LogP contribution < -0.4 is 5.32 Å². The highest BCUT2D eigenvalue weighted by molar-refractivity contribution is 6.37. The molecule has 0 aliphatic carbocycles. The first-order valence-electron chi connectivity index (χ1n) is 4.59. The molecule has 2 rings (SSSR count). The van der Waals surface area contributed by atoms with E-state index in [1.807, 2.05) is 0 Å². The minimum Gasteiger partial charge on any atom is -0.358 e. The van der Waals surface area contributed by atoms with Gasteiger partial charge in [0.2, 0.25) is 12.1 Å². The largest absolute Gasteiger partial charge is 0.406 e. The highest BCUT2D eigenvalue weighted by atomic mass is 35.5. The molecular weight excluding hydrogens is 283 g/mol. The summed E-state index contributed by atoms with van der Waals surface area (Å²) in [5.74, 6) is -0.202. The molecule has 0 bridgehead atoms. The van der Waals surface area contributed by atoms with Gasteiger partial charge in [-0.05, 0) is 9.91 Å². The number of nitro groups is 1. The van der Waals surface area contributed by atoms with Gasteiger partial charge in [-0.15, -0.1) is 0 Å². The smallest absolute Gasteiger partial charge is 0.358 e. The summed E-state index contributed by atoms with van der Waals surface area (Å²) in [5.41, 5.74) is 0.188. The molecule has 0 atom stereocenters. The van der Waals surface area contributed by atoms with Crippen LogP contribution in [0.5, 0.6) is 0 Å². The molecule has 2 heterocycles. The molecule has 94 valence electrons. The van der Waals surface area contributed by atoms with Gasteiger partial charge in [0.1, 0.15) is 12.0 Å². The van der Waals surface area contributed by atoms with Gasteiger partial charge in [0, 0.05) is 7.05 Å². The van der Waals surface area contributed by atoms with E-state index in [-0.39, 0.29) is 27.6 Å². The highest BCUT2D eigenvalue weighted by Gasteiger charge is 2.22. The van der Waals surface area contributed by atoms with E-state index >= 15 is 0 Å². The lowest BCUT2D eigenvalue weighted by atomic mass is 10.5. The zero-order valence-corrected chi connectivity index (χ0v) is 10.5. The van der Waals surface area contributed by atoms with E-state index in [1.54, 1.807) is 7.05 Å². The molecule has 0 amide bonds. The number of nitrogens with zero attached hydrogens (tertiary/aromatic N) is 5. The standard InChI is InChI=1S/C8H6Cl2N6O2/c1-15-3-13-7(16(17)18)8(15)14-4-5(9)11-2-12-6(4)10/h2-3,14H,1H3. The van der Waals surface area contributed by atoms with Crippen LogP contribution in [0.3, 0.4) is 0 Å². The summed E-state index contributed by atoms with van der Waals surface area (Å²) in [4.78, 5) is 21.3. The molecule has 2 aromatic rings. The molecule has 0 aliphatic heterocycles. The van der Waals surface area contributed by atoms with Gasteiger partial charge in [-0.25, -0.2) is 9.97 Å². The minimum absolute atomic E-state index is 0.0606. The number of imidazole rings is 1. The average Bonchev–Trinajstić information content (AvgIpc) is 2.66. The van der Waals surface area contributed by atoms with E-state index in [4.69, 9.17) is 23.2 Å². The number of hydrogen-bond acceptors (Lipinski definition) is 6. The summed E-state index contributed by atoms with van der Waals surface area (Å²) in [5, 5.41) is 13.6. The number of nitrogens with one attached hydrogen (secondary N) is 1. The van der Waals surface area contributed by atoms with Crippen molar-refractivity contribution < 1.29 is 4.92 Å². The van der Waals surface area contributed by atoms with Crippen LogP contribution in [-0.2, 0) is 7.05 Å². The minimum atomic E-state index is -0.617. The molecule has 0 saturated heterocycles. The Bertz CT molecular complexity index is 593. The molecule has 0 saturated carbocycles. The maximum absolute atomic E-state index is 10.8. The number of rotatable bonds is 3. The number of aromatic nitrogens is 4. The Kier molecular flexibility index (Phi) is 3.30. The Morgan fingerprint density at radius 1 is 1.33 bits per heavy atom. The van der Waals surface area contributed by atoms with E-state index in [1.165, 1.54) is 17.2 Å². The van der Waals surface area contributed by atoms with Crippen molar-refractivity contribution in [3.63, 3.8) is 0 Å². The second kappa shape index (κ2) is 4.75. The summed E-state index contributed by atoms with van der Waals surface area (Å²) in [7, 11) is 1.59. The van der Waals surface area contributed by atoms with Crippen LogP contribution in [0.4, 0.5) is 17.3 Å². The first kappa shape index (κ1) is 12.5. The molecule has 2 aromatic heterocycles. The topological polar surface area (TPSA) is 98.8 Å². The van der Waals surface area contributed by atoms with Gasteiger partial charge in [-0.2, -0.15) is 0 Å². The quantitative estimate of drug-likeness (QED) is 0.528. The molecule has 0 aromatic carbocycles. The number of aryl methyl sites for hydroxylation is 1. The molecule has 0 spiro atoms. The predicted octanol–water partition coefficient (Wildman–Crippen LogP) is 2.17. The molecule has 1 N–H and O–H groups in total. The lowest BCUT2D eigenvalue weighted by molar-refractivity contribution is -0.388. The van der Waals surface area contributed by atoms with Crippen LogP contribution in [0.25, 0.3) is 0 Å². The summed E-state index contributed by atoms with van der Waals surface area (Å²) < 4.78 is 1.43. The van der Waals surface area contributed by atoms with Gasteiger partial charge in [0.15, 0.2) is 10.3 Å². The molecule has 18 heavy (non-hydrogen) atoms. The SMILES string of the molecule is Cn1cnc([N+](=O)[O-])c1Nc1c(Cl)ncnc1Cl. The van der Waals surface area contributed by atoms with E-state index < -0.39 is 4.92 Å². The summed E-state index contributed by atoms with van der Waals surface area (Å²) >= 11 is 11.7. The summed E-state index contributed by atoms with van der Waals surface area (Å²) in [6, 6.07) is 0. The van der Waals surface area contributed by atoms with Gasteiger partial charge in [-0.3, -0.25) is 4.57 Å². The van der Waals surface area contributed by atoms with Crippen molar-refractivity contribution in [2.75, 3.05) is 5.32 Å². The lowest BCUT2D eigenvalue weighted by Crippen LogP contribution is -2.02.